The van der Waals surface area contributed by atoms with Crippen molar-refractivity contribution in [3.8, 4) is 0 Å². The van der Waals surface area contributed by atoms with Gasteiger partial charge in [-0.3, -0.25) is 14.5 Å². The number of likely N-dealkylation sites (tertiary alicyclic amines) is 1. The molecular weight excluding hydrogens is 326 g/mol. The first-order valence-corrected chi connectivity index (χ1v) is 9.72. The van der Waals surface area contributed by atoms with Crippen LogP contribution in [0.5, 0.6) is 0 Å². The molecule has 0 unspecified atom stereocenters. The molecule has 0 saturated carbocycles. The SMILES string of the molecule is Cc1ccc(NC(=O)CN2CCC(C(=O)NCCC(C)C)CC2)c(C)c1. The number of nitrogens with zero attached hydrogens (tertiary/aromatic N) is 1. The summed E-state index contributed by atoms with van der Waals surface area (Å²) in [6.07, 6.45) is 2.66. The van der Waals surface area contributed by atoms with E-state index in [0.29, 0.717) is 12.5 Å². The van der Waals surface area contributed by atoms with E-state index < -0.39 is 0 Å². The number of piperidine rings is 1. The summed E-state index contributed by atoms with van der Waals surface area (Å²) in [4.78, 5) is 26.6. The Balaban J connectivity index is 1.72. The Bertz CT molecular complexity index is 620. The van der Waals surface area contributed by atoms with E-state index in [0.717, 1.165) is 50.1 Å². The van der Waals surface area contributed by atoms with Gasteiger partial charge in [-0.1, -0.05) is 31.5 Å². The summed E-state index contributed by atoms with van der Waals surface area (Å²) in [5.74, 6) is 0.871. The Kier molecular flexibility index (Phi) is 7.64. The zero-order valence-corrected chi connectivity index (χ0v) is 16.6. The number of anilines is 1. The molecule has 26 heavy (non-hydrogen) atoms. The van der Waals surface area contributed by atoms with E-state index in [1.807, 2.05) is 26.0 Å². The van der Waals surface area contributed by atoms with Crippen LogP contribution in [-0.4, -0.2) is 42.9 Å². The third-order valence-electron chi connectivity index (χ3n) is 5.00. The Morgan fingerprint density at radius 2 is 1.88 bits per heavy atom. The monoisotopic (exact) mass is 359 g/mol. The number of carbonyl (C=O) groups is 2. The molecule has 0 atom stereocenters. The fourth-order valence-corrected chi connectivity index (χ4v) is 3.33. The van der Waals surface area contributed by atoms with Gasteiger partial charge in [0.05, 0.1) is 6.54 Å². The van der Waals surface area contributed by atoms with Gasteiger partial charge in [-0.15, -0.1) is 0 Å². The summed E-state index contributed by atoms with van der Waals surface area (Å²) in [5.41, 5.74) is 3.14. The van der Waals surface area contributed by atoms with E-state index in [4.69, 9.17) is 0 Å². The van der Waals surface area contributed by atoms with Crippen LogP contribution in [0, 0.1) is 25.7 Å². The van der Waals surface area contributed by atoms with Gasteiger partial charge in [0.1, 0.15) is 0 Å². The van der Waals surface area contributed by atoms with Gasteiger partial charge in [0.25, 0.3) is 0 Å². The van der Waals surface area contributed by atoms with E-state index in [1.165, 1.54) is 5.56 Å². The predicted octanol–water partition coefficient (Wildman–Crippen LogP) is 3.12. The lowest BCUT2D eigenvalue weighted by atomic mass is 9.95. The highest BCUT2D eigenvalue weighted by atomic mass is 16.2. The van der Waals surface area contributed by atoms with Crippen LogP contribution in [0.25, 0.3) is 0 Å². The third-order valence-corrected chi connectivity index (χ3v) is 5.00. The molecular formula is C21H33N3O2. The molecule has 1 heterocycles. The number of benzene rings is 1. The second-order valence-corrected chi connectivity index (χ2v) is 7.89. The molecule has 2 rings (SSSR count). The molecule has 2 N–H and O–H groups in total. The number of hydrogen-bond donors (Lipinski definition) is 2. The minimum absolute atomic E-state index is 0.0109. The minimum Gasteiger partial charge on any atom is -0.356 e. The molecule has 1 saturated heterocycles. The number of rotatable bonds is 7. The smallest absolute Gasteiger partial charge is 0.238 e. The topological polar surface area (TPSA) is 61.4 Å². The van der Waals surface area contributed by atoms with E-state index in [1.54, 1.807) is 0 Å². The van der Waals surface area contributed by atoms with Crippen molar-refractivity contribution in [2.45, 2.75) is 47.0 Å². The highest BCUT2D eigenvalue weighted by Gasteiger charge is 2.25. The van der Waals surface area contributed by atoms with Gasteiger partial charge in [0.2, 0.25) is 11.8 Å². The van der Waals surface area contributed by atoms with E-state index in [9.17, 15) is 9.59 Å². The molecule has 0 aromatic heterocycles. The van der Waals surface area contributed by atoms with Crippen LogP contribution in [-0.2, 0) is 9.59 Å². The maximum atomic E-state index is 12.3. The molecule has 1 aliphatic rings. The summed E-state index contributed by atoms with van der Waals surface area (Å²) in [6, 6.07) is 6.03. The number of aryl methyl sites for hydroxylation is 2. The lowest BCUT2D eigenvalue weighted by Gasteiger charge is -2.30. The van der Waals surface area contributed by atoms with Gasteiger partial charge in [0, 0.05) is 18.2 Å². The second kappa shape index (κ2) is 9.72. The van der Waals surface area contributed by atoms with Gasteiger partial charge in [-0.2, -0.15) is 0 Å². The fourth-order valence-electron chi connectivity index (χ4n) is 3.33. The van der Waals surface area contributed by atoms with Crippen LogP contribution in [0.2, 0.25) is 0 Å². The maximum absolute atomic E-state index is 12.3. The van der Waals surface area contributed by atoms with Crippen molar-refractivity contribution >= 4 is 17.5 Å². The third kappa shape index (κ3) is 6.45. The van der Waals surface area contributed by atoms with Crippen molar-refractivity contribution in [3.63, 3.8) is 0 Å². The van der Waals surface area contributed by atoms with E-state index in [-0.39, 0.29) is 17.7 Å². The Morgan fingerprint density at radius 1 is 1.19 bits per heavy atom. The average molecular weight is 360 g/mol. The standard InChI is InChI=1S/C21H33N3O2/c1-15(2)7-10-22-21(26)18-8-11-24(12-9-18)14-20(25)23-19-6-5-16(3)13-17(19)4/h5-6,13,15,18H,7-12,14H2,1-4H3,(H,22,26)(H,23,25). The van der Waals surface area contributed by atoms with Crippen molar-refractivity contribution in [1.29, 1.82) is 0 Å². The van der Waals surface area contributed by atoms with Gasteiger partial charge in [-0.05, 0) is 63.7 Å². The summed E-state index contributed by atoms with van der Waals surface area (Å²) in [7, 11) is 0. The van der Waals surface area contributed by atoms with Gasteiger partial charge >= 0.3 is 0 Å². The molecule has 5 nitrogen and oxygen atoms in total. The summed E-state index contributed by atoms with van der Waals surface area (Å²) in [5, 5.41) is 6.04. The van der Waals surface area contributed by atoms with Crippen molar-refractivity contribution in [3.05, 3.63) is 29.3 Å². The van der Waals surface area contributed by atoms with E-state index in [2.05, 4.69) is 35.4 Å². The molecule has 1 aliphatic heterocycles. The lowest BCUT2D eigenvalue weighted by Crippen LogP contribution is -2.43. The number of hydrogen-bond acceptors (Lipinski definition) is 3. The van der Waals surface area contributed by atoms with Crippen LogP contribution in [0.1, 0.15) is 44.2 Å². The quantitative estimate of drug-likeness (QED) is 0.786. The van der Waals surface area contributed by atoms with Gasteiger partial charge < -0.3 is 10.6 Å². The molecule has 0 spiro atoms. The van der Waals surface area contributed by atoms with Gasteiger partial charge in [0.15, 0.2) is 0 Å². The second-order valence-electron chi connectivity index (χ2n) is 7.89. The summed E-state index contributed by atoms with van der Waals surface area (Å²) < 4.78 is 0. The Hall–Kier alpha value is -1.88. The molecule has 0 aliphatic carbocycles. The number of nitrogens with one attached hydrogen (secondary N) is 2. The summed E-state index contributed by atoms with van der Waals surface area (Å²) in [6.45, 7) is 11.1. The number of carbonyl (C=O) groups excluding carboxylic acids is 2. The van der Waals surface area contributed by atoms with Crippen LogP contribution >= 0.6 is 0 Å². The average Bonchev–Trinajstić information content (AvgIpc) is 2.57. The zero-order chi connectivity index (χ0) is 19.1. The summed E-state index contributed by atoms with van der Waals surface area (Å²) >= 11 is 0. The highest BCUT2D eigenvalue weighted by molar-refractivity contribution is 5.93. The Morgan fingerprint density at radius 3 is 2.50 bits per heavy atom. The molecule has 1 aromatic rings. The van der Waals surface area contributed by atoms with Crippen LogP contribution in [0.3, 0.4) is 0 Å². The van der Waals surface area contributed by atoms with Crippen LogP contribution < -0.4 is 10.6 Å². The molecule has 2 amide bonds. The van der Waals surface area contributed by atoms with Crippen molar-refractivity contribution in [1.82, 2.24) is 10.2 Å². The molecule has 0 bridgehead atoms. The van der Waals surface area contributed by atoms with Crippen molar-refractivity contribution in [2.75, 3.05) is 31.5 Å². The first-order chi connectivity index (χ1) is 12.3. The molecule has 0 radical (unpaired) electrons. The normalized spacial score (nSPS) is 15.9. The first-order valence-electron chi connectivity index (χ1n) is 9.72. The number of amides is 2. The first kappa shape index (κ1) is 20.4. The van der Waals surface area contributed by atoms with Crippen molar-refractivity contribution in [2.24, 2.45) is 11.8 Å². The van der Waals surface area contributed by atoms with Crippen molar-refractivity contribution < 1.29 is 9.59 Å². The maximum Gasteiger partial charge on any atom is 0.238 e. The highest BCUT2D eigenvalue weighted by Crippen LogP contribution is 2.19. The van der Waals surface area contributed by atoms with Gasteiger partial charge in [-0.25, -0.2) is 0 Å². The van der Waals surface area contributed by atoms with Crippen LogP contribution in [0.15, 0.2) is 18.2 Å². The molecule has 144 valence electrons. The lowest BCUT2D eigenvalue weighted by molar-refractivity contribution is -0.126. The molecule has 5 heteroatoms. The zero-order valence-electron chi connectivity index (χ0n) is 16.6. The van der Waals surface area contributed by atoms with Crippen LogP contribution in [0.4, 0.5) is 5.69 Å². The molecule has 1 aromatic carbocycles. The minimum atomic E-state index is 0.0109. The Labute approximate surface area is 157 Å². The van der Waals surface area contributed by atoms with E-state index >= 15 is 0 Å². The predicted molar refractivity (Wildman–Crippen MR) is 106 cm³/mol. The largest absolute Gasteiger partial charge is 0.356 e. The fraction of sp³-hybridized carbons (Fsp3) is 0.619. The molecule has 1 fully saturated rings.